The molecule has 0 aromatic heterocycles. The lowest BCUT2D eigenvalue weighted by Crippen LogP contribution is -2.52. The molecule has 1 aliphatic heterocycles. The lowest BCUT2D eigenvalue weighted by molar-refractivity contribution is -0.144. The van der Waals surface area contributed by atoms with E-state index in [1.165, 1.54) is 5.19 Å². The maximum atomic E-state index is 12.2. The molecule has 1 fully saturated rings. The molecule has 0 bridgehead atoms. The number of nitrogens with zero attached hydrogens (tertiary/aromatic N) is 3. The monoisotopic (exact) mass is 317 g/mol. The van der Waals surface area contributed by atoms with Crippen LogP contribution in [0.5, 0.6) is 0 Å². The van der Waals surface area contributed by atoms with Gasteiger partial charge in [0.15, 0.2) is 0 Å². The zero-order chi connectivity index (χ0) is 16.3. The van der Waals surface area contributed by atoms with Crippen LogP contribution in [0, 0.1) is 5.92 Å². The molecule has 4 atom stereocenters. The van der Waals surface area contributed by atoms with Crippen LogP contribution in [-0.2, 0) is 9.53 Å². The second-order valence-electron chi connectivity index (χ2n) is 6.48. The summed E-state index contributed by atoms with van der Waals surface area (Å²) < 4.78 is 5.63. The van der Waals surface area contributed by atoms with Gasteiger partial charge >= 0.3 is 5.97 Å². The molecule has 1 saturated heterocycles. The third kappa shape index (κ3) is 2.89. The Morgan fingerprint density at radius 2 is 2.00 bits per heavy atom. The molecule has 0 spiro atoms. The van der Waals surface area contributed by atoms with E-state index in [-0.39, 0.29) is 29.6 Å². The van der Waals surface area contributed by atoms with Crippen LogP contribution >= 0.6 is 0 Å². The number of cyclic esters (lactones) is 1. The number of hydrogen-bond donors (Lipinski definition) is 0. The third-order valence-corrected chi connectivity index (χ3v) is 9.18. The van der Waals surface area contributed by atoms with Crippen LogP contribution in [0.3, 0.4) is 0 Å². The number of carbonyl (C=O) groups is 1. The number of hydrogen-bond acceptors (Lipinski definition) is 3. The van der Waals surface area contributed by atoms with E-state index in [0.29, 0.717) is 6.42 Å². The summed E-state index contributed by atoms with van der Waals surface area (Å²) in [4.78, 5) is 15.1. The number of ether oxygens (including phenoxy) is 1. The summed E-state index contributed by atoms with van der Waals surface area (Å²) in [6, 6.07) is 10.0. The molecule has 0 saturated carbocycles. The zero-order valence-electron chi connectivity index (χ0n) is 13.6. The van der Waals surface area contributed by atoms with E-state index in [9.17, 15) is 4.79 Å². The van der Waals surface area contributed by atoms with Crippen molar-refractivity contribution in [2.75, 3.05) is 0 Å². The Balaban J connectivity index is 2.43. The highest BCUT2D eigenvalue weighted by Gasteiger charge is 2.53. The molecule has 118 valence electrons. The van der Waals surface area contributed by atoms with Crippen LogP contribution in [0.2, 0.25) is 18.6 Å². The van der Waals surface area contributed by atoms with Gasteiger partial charge in [0.05, 0.1) is 20.0 Å². The van der Waals surface area contributed by atoms with E-state index in [0.717, 1.165) is 0 Å². The average Bonchev–Trinajstić information content (AvgIpc) is 2.81. The fraction of sp³-hybridized carbons (Fsp3) is 0.562. The SMILES string of the molecule is CC[C@H](N=[N+]=[N-])[C@@H]1OC(=O)[C@H](C)[C@H]1[Si](C)(C)c1ccccc1. The van der Waals surface area contributed by atoms with Crippen LogP contribution in [-0.4, -0.2) is 26.2 Å². The fourth-order valence-electron chi connectivity index (χ4n) is 3.61. The first-order chi connectivity index (χ1) is 10.4. The summed E-state index contributed by atoms with van der Waals surface area (Å²) in [5.74, 6) is -0.326. The van der Waals surface area contributed by atoms with Crippen LogP contribution in [0.15, 0.2) is 35.4 Å². The summed E-state index contributed by atoms with van der Waals surface area (Å²) >= 11 is 0. The highest BCUT2D eigenvalue weighted by atomic mass is 28.3. The van der Waals surface area contributed by atoms with Gasteiger partial charge in [-0.25, -0.2) is 0 Å². The molecular weight excluding hydrogens is 294 g/mol. The second kappa shape index (κ2) is 6.54. The van der Waals surface area contributed by atoms with Gasteiger partial charge in [0.2, 0.25) is 0 Å². The molecule has 22 heavy (non-hydrogen) atoms. The largest absolute Gasteiger partial charge is 0.462 e. The number of esters is 1. The number of rotatable bonds is 5. The Hall–Kier alpha value is -1.78. The Kier molecular flexibility index (Phi) is 4.93. The third-order valence-electron chi connectivity index (χ3n) is 4.87. The van der Waals surface area contributed by atoms with Crippen molar-refractivity contribution < 1.29 is 9.53 Å². The number of carbonyl (C=O) groups excluding carboxylic acids is 1. The van der Waals surface area contributed by atoms with Gasteiger partial charge in [-0.15, -0.1) is 0 Å². The minimum atomic E-state index is -1.95. The summed E-state index contributed by atoms with van der Waals surface area (Å²) in [5.41, 5.74) is 8.90. The van der Waals surface area contributed by atoms with Crippen LogP contribution < -0.4 is 5.19 Å². The average molecular weight is 317 g/mol. The standard InChI is InChI=1S/C16H23N3O2Si/c1-5-13(18-19-17)14-15(11(2)16(20)21-14)22(3,4)12-9-7-6-8-10-12/h6-11,13-15H,5H2,1-4H3/t11-,13+,14+,15-/m1/s1. The van der Waals surface area contributed by atoms with Crippen molar-refractivity contribution in [2.24, 2.45) is 11.0 Å². The molecule has 6 heteroatoms. The minimum absolute atomic E-state index is 0.109. The van der Waals surface area contributed by atoms with Crippen molar-refractivity contribution in [3.05, 3.63) is 40.8 Å². The predicted molar refractivity (Wildman–Crippen MR) is 89.6 cm³/mol. The van der Waals surface area contributed by atoms with Crippen LogP contribution in [0.1, 0.15) is 20.3 Å². The molecule has 0 aliphatic carbocycles. The molecular formula is C16H23N3O2Si. The Bertz CT molecular complexity index is 584. The smallest absolute Gasteiger partial charge is 0.309 e. The van der Waals surface area contributed by atoms with Gasteiger partial charge in [0, 0.05) is 10.5 Å². The quantitative estimate of drug-likeness (QED) is 0.273. The van der Waals surface area contributed by atoms with Crippen molar-refractivity contribution in [1.82, 2.24) is 0 Å². The zero-order valence-corrected chi connectivity index (χ0v) is 14.6. The van der Waals surface area contributed by atoms with E-state index in [1.807, 2.05) is 32.0 Å². The van der Waals surface area contributed by atoms with E-state index in [1.54, 1.807) is 0 Å². The maximum absolute atomic E-state index is 12.2. The number of benzene rings is 1. The van der Waals surface area contributed by atoms with Crippen molar-refractivity contribution in [2.45, 2.75) is 51.0 Å². The molecule has 1 aromatic rings. The van der Waals surface area contributed by atoms with Crippen molar-refractivity contribution in [1.29, 1.82) is 0 Å². The molecule has 0 radical (unpaired) electrons. The predicted octanol–water partition coefficient (Wildman–Crippen LogP) is 3.62. The molecule has 0 unspecified atom stereocenters. The highest BCUT2D eigenvalue weighted by Crippen LogP contribution is 2.43. The maximum Gasteiger partial charge on any atom is 0.309 e. The van der Waals surface area contributed by atoms with E-state index in [2.05, 4.69) is 35.3 Å². The Labute approximate surface area is 132 Å². The van der Waals surface area contributed by atoms with Gasteiger partial charge in [0.25, 0.3) is 0 Å². The lowest BCUT2D eigenvalue weighted by Gasteiger charge is -2.36. The van der Waals surface area contributed by atoms with Gasteiger partial charge in [-0.3, -0.25) is 4.79 Å². The van der Waals surface area contributed by atoms with E-state index < -0.39 is 8.07 Å². The first-order valence-electron chi connectivity index (χ1n) is 7.73. The first kappa shape index (κ1) is 16.6. The highest BCUT2D eigenvalue weighted by molar-refractivity contribution is 6.91. The van der Waals surface area contributed by atoms with E-state index >= 15 is 0 Å². The molecule has 2 rings (SSSR count). The fourth-order valence-corrected chi connectivity index (χ4v) is 7.54. The molecule has 0 amide bonds. The molecule has 1 heterocycles. The second-order valence-corrected chi connectivity index (χ2v) is 11.2. The Morgan fingerprint density at radius 1 is 1.36 bits per heavy atom. The topological polar surface area (TPSA) is 75.1 Å². The summed E-state index contributed by atoms with van der Waals surface area (Å²) in [5, 5.41) is 5.17. The summed E-state index contributed by atoms with van der Waals surface area (Å²) in [6.07, 6.45) is 0.357. The molecule has 1 aromatic carbocycles. The van der Waals surface area contributed by atoms with Gasteiger partial charge in [-0.2, -0.15) is 0 Å². The lowest BCUT2D eigenvalue weighted by atomic mass is 10.0. The van der Waals surface area contributed by atoms with Gasteiger partial charge in [0.1, 0.15) is 6.10 Å². The van der Waals surface area contributed by atoms with Crippen LogP contribution in [0.25, 0.3) is 10.4 Å². The van der Waals surface area contributed by atoms with Gasteiger partial charge in [-0.1, -0.05) is 67.6 Å². The van der Waals surface area contributed by atoms with Crippen LogP contribution in [0.4, 0.5) is 0 Å². The van der Waals surface area contributed by atoms with Gasteiger partial charge < -0.3 is 4.74 Å². The first-order valence-corrected chi connectivity index (χ1v) is 10.8. The summed E-state index contributed by atoms with van der Waals surface area (Å²) in [6.45, 7) is 8.43. The van der Waals surface area contributed by atoms with E-state index in [4.69, 9.17) is 10.3 Å². The molecule has 1 aliphatic rings. The van der Waals surface area contributed by atoms with Crippen molar-refractivity contribution >= 4 is 19.2 Å². The number of azide groups is 1. The molecule has 0 N–H and O–H groups in total. The van der Waals surface area contributed by atoms with Crippen molar-refractivity contribution in [3.8, 4) is 0 Å². The Morgan fingerprint density at radius 3 is 2.55 bits per heavy atom. The normalized spacial score (nSPS) is 26.2. The summed E-state index contributed by atoms with van der Waals surface area (Å²) in [7, 11) is -1.95. The van der Waals surface area contributed by atoms with Crippen molar-refractivity contribution in [3.63, 3.8) is 0 Å². The van der Waals surface area contributed by atoms with Gasteiger partial charge in [-0.05, 0) is 12.0 Å². The molecule has 5 nitrogen and oxygen atoms in total. The minimum Gasteiger partial charge on any atom is -0.462 e.